The molecule has 0 saturated heterocycles. The van der Waals surface area contributed by atoms with Crippen molar-refractivity contribution in [3.63, 3.8) is 0 Å². The molecule has 0 aliphatic heterocycles. The summed E-state index contributed by atoms with van der Waals surface area (Å²) >= 11 is 6.29. The van der Waals surface area contributed by atoms with Crippen LogP contribution in [0.15, 0.2) is 48.5 Å². The molecule has 2 rings (SSSR count). The number of nitrogens with one attached hydrogen (secondary N) is 1. The maximum atomic E-state index is 6.29. The number of aryl methyl sites for hydroxylation is 1. The first-order valence-corrected chi connectivity index (χ1v) is 7.14. The molecule has 0 fully saturated rings. The van der Waals surface area contributed by atoms with Crippen LogP contribution in [-0.2, 0) is 6.42 Å². The first-order valence-electron chi connectivity index (χ1n) is 6.76. The Labute approximate surface area is 120 Å². The van der Waals surface area contributed by atoms with Crippen molar-refractivity contribution in [3.05, 3.63) is 70.2 Å². The van der Waals surface area contributed by atoms with E-state index >= 15 is 0 Å². The predicted octanol–water partition coefficient (Wildman–Crippen LogP) is 4.60. The smallest absolute Gasteiger partial charge is 0.0589 e. The molecule has 1 N–H and O–H groups in total. The highest BCUT2D eigenvalue weighted by molar-refractivity contribution is 6.31. The summed E-state index contributed by atoms with van der Waals surface area (Å²) in [4.78, 5) is 0. The third-order valence-corrected chi connectivity index (χ3v) is 3.70. The van der Waals surface area contributed by atoms with Crippen LogP contribution in [0.4, 0.5) is 0 Å². The van der Waals surface area contributed by atoms with Gasteiger partial charge in [-0.2, -0.15) is 0 Å². The summed E-state index contributed by atoms with van der Waals surface area (Å²) in [5, 5.41) is 4.15. The van der Waals surface area contributed by atoms with Crippen molar-refractivity contribution in [1.82, 2.24) is 5.32 Å². The lowest BCUT2D eigenvalue weighted by Gasteiger charge is -2.19. The Balaban J connectivity index is 2.29. The van der Waals surface area contributed by atoms with Crippen LogP contribution in [-0.4, -0.2) is 7.05 Å². The molecule has 0 amide bonds. The van der Waals surface area contributed by atoms with Gasteiger partial charge in [0.05, 0.1) is 6.04 Å². The zero-order valence-corrected chi connectivity index (χ0v) is 12.2. The molecule has 1 unspecified atom stereocenters. The lowest BCUT2D eigenvalue weighted by molar-refractivity contribution is 0.691. The summed E-state index contributed by atoms with van der Waals surface area (Å²) < 4.78 is 0. The van der Waals surface area contributed by atoms with Gasteiger partial charge in [0.25, 0.3) is 0 Å². The number of hydrogen-bond donors (Lipinski definition) is 1. The average Bonchev–Trinajstić information content (AvgIpc) is 2.44. The fourth-order valence-electron chi connectivity index (χ4n) is 2.38. The van der Waals surface area contributed by atoms with E-state index in [4.69, 9.17) is 11.6 Å². The molecule has 2 aromatic rings. The second-order valence-corrected chi connectivity index (χ2v) is 5.14. The van der Waals surface area contributed by atoms with E-state index in [1.165, 1.54) is 17.5 Å². The van der Waals surface area contributed by atoms with Crippen LogP contribution >= 0.6 is 11.6 Å². The van der Waals surface area contributed by atoms with E-state index in [-0.39, 0.29) is 6.04 Å². The van der Waals surface area contributed by atoms with E-state index in [9.17, 15) is 0 Å². The topological polar surface area (TPSA) is 12.0 Å². The van der Waals surface area contributed by atoms with Crippen molar-refractivity contribution in [3.8, 4) is 0 Å². The maximum Gasteiger partial charge on any atom is 0.0589 e. The van der Waals surface area contributed by atoms with Gasteiger partial charge in [0.1, 0.15) is 0 Å². The van der Waals surface area contributed by atoms with Crippen molar-refractivity contribution in [2.24, 2.45) is 0 Å². The fraction of sp³-hybridized carbons (Fsp3) is 0.294. The molecule has 0 saturated carbocycles. The SMILES string of the molecule is CCCc1ccc(C(NC)c2ccccc2Cl)cc1. The van der Waals surface area contributed by atoms with Gasteiger partial charge in [-0.05, 0) is 36.2 Å². The van der Waals surface area contributed by atoms with Crippen LogP contribution in [0.25, 0.3) is 0 Å². The van der Waals surface area contributed by atoms with Crippen LogP contribution in [0, 0.1) is 0 Å². The van der Waals surface area contributed by atoms with E-state index in [0.29, 0.717) is 0 Å². The molecule has 2 heteroatoms. The van der Waals surface area contributed by atoms with Gasteiger partial charge in [0.2, 0.25) is 0 Å². The average molecular weight is 274 g/mol. The summed E-state index contributed by atoms with van der Waals surface area (Å²) in [6.45, 7) is 2.20. The molecular formula is C17H20ClN. The molecule has 1 nitrogen and oxygen atoms in total. The van der Waals surface area contributed by atoms with Crippen LogP contribution in [0.2, 0.25) is 5.02 Å². The van der Waals surface area contributed by atoms with Gasteiger partial charge >= 0.3 is 0 Å². The monoisotopic (exact) mass is 273 g/mol. The molecule has 0 spiro atoms. The van der Waals surface area contributed by atoms with Gasteiger partial charge in [0.15, 0.2) is 0 Å². The van der Waals surface area contributed by atoms with Crippen molar-refractivity contribution < 1.29 is 0 Å². The van der Waals surface area contributed by atoms with Gasteiger partial charge in [-0.15, -0.1) is 0 Å². The van der Waals surface area contributed by atoms with Crippen molar-refractivity contribution in [2.45, 2.75) is 25.8 Å². The highest BCUT2D eigenvalue weighted by atomic mass is 35.5. The summed E-state index contributed by atoms with van der Waals surface area (Å²) in [5.41, 5.74) is 3.76. The van der Waals surface area contributed by atoms with Gasteiger partial charge in [-0.1, -0.05) is 67.4 Å². The van der Waals surface area contributed by atoms with Gasteiger partial charge in [0, 0.05) is 5.02 Å². The van der Waals surface area contributed by atoms with Crippen molar-refractivity contribution in [1.29, 1.82) is 0 Å². The van der Waals surface area contributed by atoms with Crippen LogP contribution in [0.1, 0.15) is 36.1 Å². The molecule has 0 aliphatic rings. The Morgan fingerprint density at radius 1 is 1.05 bits per heavy atom. The Hall–Kier alpha value is -1.31. The first kappa shape index (κ1) is 14.1. The van der Waals surface area contributed by atoms with Gasteiger partial charge < -0.3 is 5.32 Å². The lowest BCUT2D eigenvalue weighted by atomic mass is 9.97. The predicted molar refractivity (Wildman–Crippen MR) is 82.8 cm³/mol. The standard InChI is InChI=1S/C17H20ClN/c1-3-6-13-9-11-14(12-10-13)17(19-2)15-7-4-5-8-16(15)18/h4-5,7-12,17,19H,3,6H2,1-2H3. The Morgan fingerprint density at radius 2 is 1.74 bits per heavy atom. The number of hydrogen-bond acceptors (Lipinski definition) is 1. The number of halogens is 1. The summed E-state index contributed by atoms with van der Waals surface area (Å²) in [5.74, 6) is 0. The van der Waals surface area contributed by atoms with E-state index in [2.05, 4.69) is 42.6 Å². The van der Waals surface area contributed by atoms with E-state index in [0.717, 1.165) is 17.0 Å². The molecule has 0 bridgehead atoms. The molecule has 0 heterocycles. The van der Waals surface area contributed by atoms with E-state index in [1.807, 2.05) is 25.2 Å². The van der Waals surface area contributed by atoms with Crippen LogP contribution in [0.5, 0.6) is 0 Å². The minimum Gasteiger partial charge on any atom is -0.309 e. The fourth-order valence-corrected chi connectivity index (χ4v) is 2.62. The Morgan fingerprint density at radius 3 is 2.32 bits per heavy atom. The maximum absolute atomic E-state index is 6.29. The largest absolute Gasteiger partial charge is 0.309 e. The first-order chi connectivity index (χ1) is 9.26. The van der Waals surface area contributed by atoms with Crippen molar-refractivity contribution >= 4 is 11.6 Å². The molecule has 1 atom stereocenters. The second-order valence-electron chi connectivity index (χ2n) is 4.73. The molecule has 0 radical (unpaired) electrons. The number of benzene rings is 2. The normalized spacial score (nSPS) is 12.4. The Kier molecular flexibility index (Phi) is 5.00. The van der Waals surface area contributed by atoms with Gasteiger partial charge in [-0.3, -0.25) is 0 Å². The summed E-state index contributed by atoms with van der Waals surface area (Å²) in [6, 6.07) is 16.9. The molecule has 2 aromatic carbocycles. The van der Waals surface area contributed by atoms with Crippen LogP contribution in [0.3, 0.4) is 0 Å². The van der Waals surface area contributed by atoms with Crippen LogP contribution < -0.4 is 5.32 Å². The zero-order chi connectivity index (χ0) is 13.7. The highest BCUT2D eigenvalue weighted by Gasteiger charge is 2.14. The quantitative estimate of drug-likeness (QED) is 0.839. The molecule has 0 aliphatic carbocycles. The van der Waals surface area contributed by atoms with E-state index < -0.39 is 0 Å². The minimum atomic E-state index is 0.143. The van der Waals surface area contributed by atoms with Crippen molar-refractivity contribution in [2.75, 3.05) is 7.05 Å². The highest BCUT2D eigenvalue weighted by Crippen LogP contribution is 2.28. The Bertz CT molecular complexity index is 519. The molecular weight excluding hydrogens is 254 g/mol. The summed E-state index contributed by atoms with van der Waals surface area (Å²) in [6.07, 6.45) is 2.32. The molecule has 0 aromatic heterocycles. The lowest BCUT2D eigenvalue weighted by Crippen LogP contribution is -2.18. The zero-order valence-electron chi connectivity index (χ0n) is 11.5. The number of rotatable bonds is 5. The van der Waals surface area contributed by atoms with Gasteiger partial charge in [-0.25, -0.2) is 0 Å². The molecule has 100 valence electrons. The molecule has 19 heavy (non-hydrogen) atoms. The van der Waals surface area contributed by atoms with E-state index in [1.54, 1.807) is 0 Å². The third kappa shape index (κ3) is 3.37. The minimum absolute atomic E-state index is 0.143. The third-order valence-electron chi connectivity index (χ3n) is 3.36. The second kappa shape index (κ2) is 6.74. The summed E-state index contributed by atoms with van der Waals surface area (Å²) in [7, 11) is 1.97.